The van der Waals surface area contributed by atoms with Gasteiger partial charge in [-0.2, -0.15) is 0 Å². The molecule has 0 radical (unpaired) electrons. The fraction of sp³-hybridized carbons (Fsp3) is 0.478. The molecular weight excluding hydrogens is 348 g/mol. The Morgan fingerprint density at radius 2 is 1.57 bits per heavy atom. The molecule has 2 fully saturated rings. The van der Waals surface area contributed by atoms with Crippen molar-refractivity contribution in [3.8, 4) is 0 Å². The first kappa shape index (κ1) is 18.8. The van der Waals surface area contributed by atoms with Gasteiger partial charge in [0.05, 0.1) is 0 Å². The number of nitrogens with zero attached hydrogens (tertiary/aromatic N) is 3. The molecule has 1 aromatic heterocycles. The summed E-state index contributed by atoms with van der Waals surface area (Å²) in [5, 5.41) is 3.24. The summed E-state index contributed by atoms with van der Waals surface area (Å²) >= 11 is 0. The van der Waals surface area contributed by atoms with E-state index in [1.807, 2.05) is 12.1 Å². The summed E-state index contributed by atoms with van der Waals surface area (Å²) in [6.45, 7) is 3.75. The van der Waals surface area contributed by atoms with E-state index in [9.17, 15) is 4.79 Å². The first-order chi connectivity index (χ1) is 13.8. The Hall–Kier alpha value is -2.56. The van der Waals surface area contributed by atoms with Gasteiger partial charge in [-0.1, -0.05) is 43.9 Å². The van der Waals surface area contributed by atoms with Crippen molar-refractivity contribution in [3.63, 3.8) is 0 Å². The highest BCUT2D eigenvalue weighted by Gasteiger charge is 2.20. The number of piperazine rings is 1. The lowest BCUT2D eigenvalue weighted by atomic mass is 10.1. The molecule has 0 bridgehead atoms. The lowest BCUT2D eigenvalue weighted by molar-refractivity contribution is 0.0933. The van der Waals surface area contributed by atoms with Crippen LogP contribution in [0.4, 0.5) is 11.5 Å². The van der Waals surface area contributed by atoms with Gasteiger partial charge in [-0.25, -0.2) is 4.98 Å². The van der Waals surface area contributed by atoms with Crippen molar-refractivity contribution in [1.29, 1.82) is 0 Å². The zero-order valence-electron chi connectivity index (χ0n) is 16.5. The van der Waals surface area contributed by atoms with Gasteiger partial charge in [-0.05, 0) is 37.1 Å². The molecule has 0 spiro atoms. The highest BCUT2D eigenvalue weighted by molar-refractivity contribution is 5.95. The molecule has 2 aromatic rings. The number of carbonyl (C=O) groups is 1. The Balaban J connectivity index is 1.36. The lowest BCUT2D eigenvalue weighted by Gasteiger charge is -2.36. The van der Waals surface area contributed by atoms with Crippen molar-refractivity contribution in [3.05, 3.63) is 54.2 Å². The molecule has 148 valence electrons. The lowest BCUT2D eigenvalue weighted by Crippen LogP contribution is -2.46. The summed E-state index contributed by atoms with van der Waals surface area (Å²) < 4.78 is 0. The number of anilines is 2. The maximum absolute atomic E-state index is 12.7. The van der Waals surface area contributed by atoms with E-state index in [2.05, 4.69) is 50.4 Å². The smallest absolute Gasteiger partial charge is 0.251 e. The van der Waals surface area contributed by atoms with Crippen LogP contribution in [-0.2, 0) is 0 Å². The molecule has 4 rings (SSSR count). The van der Waals surface area contributed by atoms with Gasteiger partial charge in [0.2, 0.25) is 0 Å². The van der Waals surface area contributed by atoms with Crippen LogP contribution in [0.3, 0.4) is 0 Å². The Labute approximate surface area is 167 Å². The SMILES string of the molecule is O=C(NC1CCCCCC1)c1ccnc(N2CCN(c3ccccc3)CC2)c1. The van der Waals surface area contributed by atoms with Crippen LogP contribution < -0.4 is 15.1 Å². The number of hydrogen-bond acceptors (Lipinski definition) is 4. The first-order valence-corrected chi connectivity index (χ1v) is 10.6. The molecule has 2 aliphatic rings. The molecule has 1 amide bonds. The van der Waals surface area contributed by atoms with Crippen LogP contribution in [0.25, 0.3) is 0 Å². The number of aromatic nitrogens is 1. The average molecular weight is 379 g/mol. The molecule has 1 saturated carbocycles. The fourth-order valence-corrected chi connectivity index (χ4v) is 4.26. The van der Waals surface area contributed by atoms with Gasteiger partial charge < -0.3 is 15.1 Å². The Bertz CT molecular complexity index is 763. The summed E-state index contributed by atoms with van der Waals surface area (Å²) in [6, 6.07) is 14.6. The summed E-state index contributed by atoms with van der Waals surface area (Å²) in [6.07, 6.45) is 9.00. The van der Waals surface area contributed by atoms with Crippen LogP contribution in [0, 0.1) is 0 Å². The van der Waals surface area contributed by atoms with Crippen molar-refractivity contribution in [2.24, 2.45) is 0 Å². The fourth-order valence-electron chi connectivity index (χ4n) is 4.26. The molecule has 0 unspecified atom stereocenters. The number of rotatable bonds is 4. The second-order valence-corrected chi connectivity index (χ2v) is 7.87. The van der Waals surface area contributed by atoms with Gasteiger partial charge in [0.15, 0.2) is 0 Å². The number of carbonyl (C=O) groups excluding carboxylic acids is 1. The van der Waals surface area contributed by atoms with Crippen LogP contribution in [0.5, 0.6) is 0 Å². The highest BCUT2D eigenvalue weighted by Crippen LogP contribution is 2.21. The van der Waals surface area contributed by atoms with Crippen molar-refractivity contribution in [2.75, 3.05) is 36.0 Å². The predicted molar refractivity (Wildman–Crippen MR) is 114 cm³/mol. The minimum atomic E-state index is 0.0403. The number of benzene rings is 1. The highest BCUT2D eigenvalue weighted by atomic mass is 16.1. The largest absolute Gasteiger partial charge is 0.368 e. The average Bonchev–Trinajstić information content (AvgIpc) is 3.03. The maximum Gasteiger partial charge on any atom is 0.251 e. The first-order valence-electron chi connectivity index (χ1n) is 10.6. The topological polar surface area (TPSA) is 48.5 Å². The minimum Gasteiger partial charge on any atom is -0.368 e. The normalized spacial score (nSPS) is 18.6. The maximum atomic E-state index is 12.7. The molecule has 2 heterocycles. The molecule has 1 aliphatic heterocycles. The number of amides is 1. The molecule has 5 nitrogen and oxygen atoms in total. The number of hydrogen-bond donors (Lipinski definition) is 1. The zero-order valence-corrected chi connectivity index (χ0v) is 16.5. The standard InChI is InChI=1S/C23H30N4O/c28-23(25-20-8-4-1-2-5-9-20)19-12-13-24-22(18-19)27-16-14-26(15-17-27)21-10-6-3-7-11-21/h3,6-7,10-13,18,20H,1-2,4-5,8-9,14-17H2,(H,25,28). The van der Waals surface area contributed by atoms with Crippen molar-refractivity contribution in [2.45, 2.75) is 44.6 Å². The third kappa shape index (κ3) is 4.64. The second-order valence-electron chi connectivity index (χ2n) is 7.87. The van der Waals surface area contributed by atoms with Gasteiger partial charge in [-0.3, -0.25) is 4.79 Å². The molecular formula is C23H30N4O. The van der Waals surface area contributed by atoms with Gasteiger partial charge in [-0.15, -0.1) is 0 Å². The number of nitrogens with one attached hydrogen (secondary N) is 1. The van der Waals surface area contributed by atoms with Crippen LogP contribution in [0.2, 0.25) is 0 Å². The number of pyridine rings is 1. The van der Waals surface area contributed by atoms with E-state index in [1.165, 1.54) is 31.4 Å². The van der Waals surface area contributed by atoms with Gasteiger partial charge in [0, 0.05) is 49.7 Å². The van der Waals surface area contributed by atoms with Crippen LogP contribution in [0.15, 0.2) is 48.7 Å². The van der Waals surface area contributed by atoms with E-state index in [-0.39, 0.29) is 5.91 Å². The monoisotopic (exact) mass is 378 g/mol. The van der Waals surface area contributed by atoms with Gasteiger partial charge in [0.1, 0.15) is 5.82 Å². The van der Waals surface area contributed by atoms with Crippen LogP contribution >= 0.6 is 0 Å². The van der Waals surface area contributed by atoms with E-state index in [0.717, 1.165) is 50.4 Å². The Morgan fingerprint density at radius 3 is 2.29 bits per heavy atom. The molecule has 1 aliphatic carbocycles. The van der Waals surface area contributed by atoms with Crippen LogP contribution in [-0.4, -0.2) is 43.1 Å². The van der Waals surface area contributed by atoms with Crippen molar-refractivity contribution < 1.29 is 4.79 Å². The van der Waals surface area contributed by atoms with Gasteiger partial charge >= 0.3 is 0 Å². The second kappa shape index (κ2) is 9.09. The van der Waals surface area contributed by atoms with E-state index in [0.29, 0.717) is 6.04 Å². The Kier molecular flexibility index (Phi) is 6.10. The summed E-state index contributed by atoms with van der Waals surface area (Å²) in [5.74, 6) is 0.944. The van der Waals surface area contributed by atoms with Crippen LogP contribution in [0.1, 0.15) is 48.9 Å². The molecule has 0 atom stereocenters. The van der Waals surface area contributed by atoms with E-state index >= 15 is 0 Å². The minimum absolute atomic E-state index is 0.0403. The van der Waals surface area contributed by atoms with Gasteiger partial charge in [0.25, 0.3) is 5.91 Å². The summed E-state index contributed by atoms with van der Waals surface area (Å²) in [5.41, 5.74) is 1.99. The molecule has 1 N–H and O–H groups in total. The molecule has 28 heavy (non-hydrogen) atoms. The quantitative estimate of drug-likeness (QED) is 0.821. The van der Waals surface area contributed by atoms with E-state index in [4.69, 9.17) is 0 Å². The summed E-state index contributed by atoms with van der Waals surface area (Å²) in [4.78, 5) is 21.9. The molecule has 1 saturated heterocycles. The molecule has 5 heteroatoms. The van der Waals surface area contributed by atoms with Crippen molar-refractivity contribution >= 4 is 17.4 Å². The predicted octanol–water partition coefficient (Wildman–Crippen LogP) is 3.86. The molecule has 1 aromatic carbocycles. The van der Waals surface area contributed by atoms with E-state index in [1.54, 1.807) is 6.20 Å². The number of para-hydroxylation sites is 1. The zero-order chi connectivity index (χ0) is 19.2. The third-order valence-corrected chi connectivity index (χ3v) is 5.92. The Morgan fingerprint density at radius 1 is 0.893 bits per heavy atom. The van der Waals surface area contributed by atoms with Crippen molar-refractivity contribution in [1.82, 2.24) is 10.3 Å². The van der Waals surface area contributed by atoms with E-state index < -0.39 is 0 Å². The third-order valence-electron chi connectivity index (χ3n) is 5.92. The summed E-state index contributed by atoms with van der Waals surface area (Å²) in [7, 11) is 0.